The van der Waals surface area contributed by atoms with Crippen molar-refractivity contribution in [2.24, 2.45) is 0 Å². The number of nitrogens with zero attached hydrogens (tertiary/aromatic N) is 2. The molecule has 0 saturated carbocycles. The number of benzene rings is 1. The van der Waals surface area contributed by atoms with Crippen molar-refractivity contribution in [3.63, 3.8) is 0 Å². The summed E-state index contributed by atoms with van der Waals surface area (Å²) in [6, 6.07) is 4.36. The van der Waals surface area contributed by atoms with Crippen molar-refractivity contribution in [2.75, 3.05) is 18.1 Å². The molecule has 0 saturated heterocycles. The zero-order chi connectivity index (χ0) is 25.4. The zero-order valence-corrected chi connectivity index (χ0v) is 28.1. The monoisotopic (exact) mass is 764 g/mol. The van der Waals surface area contributed by atoms with Gasteiger partial charge in [-0.15, -0.1) is 45.3 Å². The van der Waals surface area contributed by atoms with Crippen LogP contribution in [0.3, 0.4) is 0 Å². The minimum Gasteiger partial charge on any atom is -0.398 e. The lowest BCUT2D eigenvalue weighted by atomic mass is 10.1. The number of anilines is 2. The van der Waals surface area contributed by atoms with Crippen LogP contribution in [0.1, 0.15) is 48.7 Å². The number of nitrogens with two attached hydrogens (primary N) is 1. The zero-order valence-electron chi connectivity index (χ0n) is 20.5. The minimum absolute atomic E-state index is 0.00247. The van der Waals surface area contributed by atoms with E-state index in [1.165, 1.54) is 40.0 Å². The first-order valence-electron chi connectivity index (χ1n) is 11.1. The molecule has 0 fully saturated rings. The first-order chi connectivity index (χ1) is 16.3. The molecule has 0 unspecified atom stereocenters. The molecule has 0 aliphatic rings. The number of rotatable bonds is 5. The van der Waals surface area contributed by atoms with Crippen molar-refractivity contribution in [3.8, 4) is 19.6 Å². The maximum Gasteiger partial charge on any atom is 0.136 e. The highest BCUT2D eigenvalue weighted by Crippen LogP contribution is 2.50. The Hall–Kier alpha value is -0.540. The van der Waals surface area contributed by atoms with Crippen LogP contribution in [0.5, 0.6) is 0 Å². The second-order valence-corrected chi connectivity index (χ2v) is 19.1. The molecule has 5 aromatic rings. The third-order valence-electron chi connectivity index (χ3n) is 5.98. The van der Waals surface area contributed by atoms with Gasteiger partial charge in [0.2, 0.25) is 0 Å². The lowest BCUT2D eigenvalue weighted by molar-refractivity contribution is 0.818. The maximum absolute atomic E-state index is 6.40. The van der Waals surface area contributed by atoms with E-state index in [1.807, 2.05) is 18.4 Å². The first kappa shape index (κ1) is 26.1. The Morgan fingerprint density at radius 3 is 2.00 bits per heavy atom. The molecule has 10 heteroatoms. The lowest BCUT2D eigenvalue weighted by Gasteiger charge is -2.14. The highest BCUT2D eigenvalue weighted by atomic mass is 127. The van der Waals surface area contributed by atoms with Crippen LogP contribution in [0.25, 0.3) is 40.1 Å². The van der Waals surface area contributed by atoms with Crippen molar-refractivity contribution >= 4 is 122 Å². The predicted octanol–water partition coefficient (Wildman–Crippen LogP) is 9.94. The molecule has 0 aliphatic carbocycles. The van der Waals surface area contributed by atoms with Gasteiger partial charge in [0, 0.05) is 27.4 Å². The minimum atomic E-state index is -0.00247. The van der Waals surface area contributed by atoms with Gasteiger partial charge in [-0.3, -0.25) is 0 Å². The number of aryl methyl sites for hydroxylation is 2. The summed E-state index contributed by atoms with van der Waals surface area (Å²) in [7, 11) is 1.98. The van der Waals surface area contributed by atoms with Crippen LogP contribution >= 0.6 is 90.5 Å². The van der Waals surface area contributed by atoms with Crippen LogP contribution in [0.4, 0.5) is 11.4 Å². The van der Waals surface area contributed by atoms with Crippen molar-refractivity contribution in [3.05, 3.63) is 33.1 Å². The normalized spacial score (nSPS) is 12.8. The van der Waals surface area contributed by atoms with E-state index in [1.54, 1.807) is 34.0 Å². The highest BCUT2D eigenvalue weighted by molar-refractivity contribution is 14.1. The van der Waals surface area contributed by atoms with Gasteiger partial charge in [-0.25, -0.2) is 9.97 Å². The molecule has 4 aromatic heterocycles. The van der Waals surface area contributed by atoms with Crippen molar-refractivity contribution in [1.29, 1.82) is 0 Å². The van der Waals surface area contributed by atoms with Crippen molar-refractivity contribution in [1.82, 2.24) is 9.97 Å². The maximum atomic E-state index is 6.40. The number of nitrogen functional groups attached to an aromatic ring is 1. The van der Waals surface area contributed by atoms with Crippen LogP contribution in [-0.2, 0) is 6.84 Å². The number of halogens is 2. The molecule has 0 bridgehead atoms. The van der Waals surface area contributed by atoms with E-state index in [-0.39, 0.29) is 6.84 Å². The van der Waals surface area contributed by atoms with E-state index in [0.29, 0.717) is 0 Å². The molecule has 0 aliphatic heterocycles. The number of aromatic nitrogens is 2. The topological polar surface area (TPSA) is 63.8 Å². The summed E-state index contributed by atoms with van der Waals surface area (Å²) in [5, 5.41) is 5.62. The average Bonchev–Trinajstić information content (AvgIpc) is 3.52. The molecule has 1 aromatic carbocycles. The largest absolute Gasteiger partial charge is 0.398 e. The van der Waals surface area contributed by atoms with Gasteiger partial charge >= 0.3 is 0 Å². The van der Waals surface area contributed by atoms with E-state index in [2.05, 4.69) is 104 Å². The van der Waals surface area contributed by atoms with E-state index in [0.717, 1.165) is 32.4 Å². The number of nitrogens with one attached hydrogen (secondary N) is 1. The summed E-state index contributed by atoms with van der Waals surface area (Å²) in [6.45, 7) is 13.2. The number of thiazole rings is 2. The Kier molecular flexibility index (Phi) is 6.73. The Labute approximate surface area is 249 Å². The molecule has 3 N–H and O–H groups in total. The van der Waals surface area contributed by atoms with Crippen LogP contribution in [-0.4, -0.2) is 17.0 Å². The SMILES string of the molecule is CNc1cc(-c2cc(N)c(C(C)(C)I)s2)sc1-c1nc2c(C)c(C)c3nc(C(C)(C)I)sc3c2s1. The molecule has 0 spiro atoms. The van der Waals surface area contributed by atoms with E-state index in [4.69, 9.17) is 15.7 Å². The molecule has 0 amide bonds. The smallest absolute Gasteiger partial charge is 0.136 e. The fraction of sp³-hybridized carbons (Fsp3) is 0.360. The summed E-state index contributed by atoms with van der Waals surface area (Å²) >= 11 is 12.1. The van der Waals surface area contributed by atoms with Gasteiger partial charge in [-0.05, 0) is 64.8 Å². The van der Waals surface area contributed by atoms with Crippen molar-refractivity contribution in [2.45, 2.75) is 48.4 Å². The van der Waals surface area contributed by atoms with Crippen LogP contribution in [0.15, 0.2) is 12.1 Å². The first-order valence-corrected chi connectivity index (χ1v) is 16.5. The summed E-state index contributed by atoms with van der Waals surface area (Å²) in [5.74, 6) is 0. The second-order valence-electron chi connectivity index (χ2n) is 9.59. The van der Waals surface area contributed by atoms with Crippen LogP contribution in [0, 0.1) is 13.8 Å². The fourth-order valence-corrected chi connectivity index (χ4v) is 9.87. The van der Waals surface area contributed by atoms with E-state index >= 15 is 0 Å². The summed E-state index contributed by atoms with van der Waals surface area (Å²) in [5.41, 5.74) is 13.1. The summed E-state index contributed by atoms with van der Waals surface area (Å²) in [6.07, 6.45) is 0. The number of thiophene rings is 2. The Morgan fingerprint density at radius 1 is 0.829 bits per heavy atom. The predicted molar refractivity (Wildman–Crippen MR) is 177 cm³/mol. The van der Waals surface area contributed by atoms with Crippen LogP contribution < -0.4 is 11.1 Å². The third kappa shape index (κ3) is 4.53. The van der Waals surface area contributed by atoms with Gasteiger partial charge in [0.25, 0.3) is 0 Å². The molecular formula is C25H26I2N4S4. The van der Waals surface area contributed by atoms with Gasteiger partial charge < -0.3 is 11.1 Å². The average molecular weight is 765 g/mol. The third-order valence-corrected chi connectivity index (χ3v) is 13.3. The van der Waals surface area contributed by atoms with Gasteiger partial charge in [0.05, 0.1) is 37.8 Å². The molecule has 0 atom stereocenters. The lowest BCUT2D eigenvalue weighted by Crippen LogP contribution is -2.06. The van der Waals surface area contributed by atoms with Gasteiger partial charge in [0.15, 0.2) is 0 Å². The molecule has 0 radical (unpaired) electrons. The molecule has 35 heavy (non-hydrogen) atoms. The Morgan fingerprint density at radius 2 is 1.43 bits per heavy atom. The van der Waals surface area contributed by atoms with E-state index in [9.17, 15) is 0 Å². The number of alkyl halides is 2. The number of hydrogen-bond acceptors (Lipinski definition) is 8. The fourth-order valence-electron chi connectivity index (χ4n) is 4.01. The molecular weight excluding hydrogens is 738 g/mol. The standard InChI is InChI=1S/C25H26I2N4S4/c1-10-11(2)17-20(35-23(31-17)25(5,6)27)19-16(10)30-22(34-19)18-13(29-7)9-15(32-18)14-8-12(28)21(33-14)24(3,4)26/h8-9,29H,28H2,1-7H3. The van der Waals surface area contributed by atoms with Crippen LogP contribution in [0.2, 0.25) is 0 Å². The van der Waals surface area contributed by atoms with Crippen molar-refractivity contribution < 1.29 is 0 Å². The molecule has 4 nitrogen and oxygen atoms in total. The quantitative estimate of drug-likeness (QED) is 0.138. The Balaban J connectivity index is 1.68. The molecule has 184 valence electrons. The van der Waals surface area contributed by atoms with Gasteiger partial charge in [-0.1, -0.05) is 45.2 Å². The summed E-state index contributed by atoms with van der Waals surface area (Å²) in [4.78, 5) is 15.1. The molecule has 5 rings (SSSR count). The molecule has 4 heterocycles. The Bertz CT molecular complexity index is 1590. The second kappa shape index (κ2) is 9.04. The number of fused-ring (bicyclic) bond motifs is 3. The number of hydrogen-bond donors (Lipinski definition) is 2. The van der Waals surface area contributed by atoms with E-state index < -0.39 is 0 Å². The highest BCUT2D eigenvalue weighted by Gasteiger charge is 2.27. The van der Waals surface area contributed by atoms with Gasteiger partial charge in [-0.2, -0.15) is 0 Å². The summed E-state index contributed by atoms with van der Waals surface area (Å²) < 4.78 is 2.50. The van der Waals surface area contributed by atoms with Gasteiger partial charge in [0.1, 0.15) is 10.0 Å².